The van der Waals surface area contributed by atoms with Gasteiger partial charge in [-0.1, -0.05) is 29.5 Å². The summed E-state index contributed by atoms with van der Waals surface area (Å²) in [7, 11) is 1.62. The Kier molecular flexibility index (Phi) is 4.68. The molecule has 2 aromatic carbocycles. The van der Waals surface area contributed by atoms with E-state index in [4.69, 9.17) is 14.2 Å². The third kappa shape index (κ3) is 3.33. The van der Waals surface area contributed by atoms with Gasteiger partial charge in [0.25, 0.3) is 5.91 Å². The first-order valence-electron chi connectivity index (χ1n) is 8.45. The number of thiazole rings is 1. The van der Waals surface area contributed by atoms with Gasteiger partial charge in [-0.2, -0.15) is 4.99 Å². The molecule has 0 aliphatic carbocycles. The van der Waals surface area contributed by atoms with Gasteiger partial charge >= 0.3 is 0 Å². The fourth-order valence-electron chi connectivity index (χ4n) is 2.88. The normalized spacial score (nSPS) is 16.3. The van der Waals surface area contributed by atoms with Gasteiger partial charge in [0.2, 0.25) is 6.10 Å². The minimum atomic E-state index is -0.767. The van der Waals surface area contributed by atoms with Crippen molar-refractivity contribution in [3.05, 3.63) is 59.9 Å². The number of methoxy groups -OCH3 is 1. The molecule has 1 aromatic heterocycles. The van der Waals surface area contributed by atoms with Crippen molar-refractivity contribution >= 4 is 27.5 Å². The van der Waals surface area contributed by atoms with Gasteiger partial charge in [0.15, 0.2) is 16.3 Å². The Hall–Kier alpha value is -3.06. The zero-order chi connectivity index (χ0) is 18.8. The molecule has 138 valence electrons. The molecule has 0 radical (unpaired) electrons. The van der Waals surface area contributed by atoms with Crippen LogP contribution in [0.25, 0.3) is 10.2 Å². The molecule has 1 amide bonds. The first-order valence-corrected chi connectivity index (χ1v) is 9.26. The van der Waals surface area contributed by atoms with E-state index in [1.54, 1.807) is 19.3 Å². The van der Waals surface area contributed by atoms with Crippen molar-refractivity contribution in [1.29, 1.82) is 0 Å². The molecular weight excluding hydrogens is 364 g/mol. The maximum Gasteiger partial charge on any atom is 0.292 e. The number of para-hydroxylation sites is 2. The van der Waals surface area contributed by atoms with Crippen LogP contribution < -0.4 is 19.0 Å². The third-order valence-corrected chi connectivity index (χ3v) is 5.23. The molecule has 2 heterocycles. The molecule has 0 fully saturated rings. The molecule has 1 atom stereocenters. The molecule has 0 spiro atoms. The van der Waals surface area contributed by atoms with Crippen LogP contribution in [0.4, 0.5) is 0 Å². The fraction of sp³-hybridized carbons (Fsp3) is 0.200. The molecule has 0 saturated heterocycles. The average Bonchev–Trinajstić information content (AvgIpc) is 3.04. The average molecular weight is 382 g/mol. The van der Waals surface area contributed by atoms with Crippen molar-refractivity contribution in [3.63, 3.8) is 0 Å². The molecule has 1 aliphatic rings. The van der Waals surface area contributed by atoms with E-state index in [1.807, 2.05) is 41.0 Å². The predicted octanol–water partition coefficient (Wildman–Crippen LogP) is 3.16. The number of ether oxygens (including phenoxy) is 3. The molecule has 1 unspecified atom stereocenters. The Morgan fingerprint density at radius 2 is 2.19 bits per heavy atom. The quantitative estimate of drug-likeness (QED) is 0.651. The number of amides is 1. The van der Waals surface area contributed by atoms with Crippen LogP contribution in [0.3, 0.4) is 0 Å². The van der Waals surface area contributed by atoms with Gasteiger partial charge in [-0.15, -0.1) is 6.58 Å². The zero-order valence-electron chi connectivity index (χ0n) is 14.8. The molecule has 0 bridgehead atoms. The van der Waals surface area contributed by atoms with Crippen molar-refractivity contribution < 1.29 is 19.0 Å². The third-order valence-electron chi connectivity index (χ3n) is 4.19. The lowest BCUT2D eigenvalue weighted by Crippen LogP contribution is -2.36. The van der Waals surface area contributed by atoms with Crippen molar-refractivity contribution in [2.45, 2.75) is 12.6 Å². The summed E-state index contributed by atoms with van der Waals surface area (Å²) in [5.41, 5.74) is 0.971. The number of allylic oxidation sites excluding steroid dienone is 1. The van der Waals surface area contributed by atoms with Crippen LogP contribution in [0.5, 0.6) is 17.2 Å². The number of carbonyl (C=O) groups excluding carboxylic acids is 1. The van der Waals surface area contributed by atoms with Crippen LogP contribution in [0.2, 0.25) is 0 Å². The summed E-state index contributed by atoms with van der Waals surface area (Å²) in [6.07, 6.45) is 1.01. The summed E-state index contributed by atoms with van der Waals surface area (Å²) in [6.45, 7) is 4.48. The van der Waals surface area contributed by atoms with E-state index in [9.17, 15) is 4.79 Å². The highest BCUT2D eigenvalue weighted by Gasteiger charge is 2.27. The van der Waals surface area contributed by atoms with Crippen LogP contribution >= 0.6 is 11.3 Å². The van der Waals surface area contributed by atoms with E-state index in [0.717, 1.165) is 16.0 Å². The van der Waals surface area contributed by atoms with Crippen molar-refractivity contribution in [1.82, 2.24) is 4.57 Å². The smallest absolute Gasteiger partial charge is 0.292 e. The molecule has 7 heteroatoms. The lowest BCUT2D eigenvalue weighted by atomic mass is 10.2. The second-order valence-corrected chi connectivity index (χ2v) is 6.94. The summed E-state index contributed by atoms with van der Waals surface area (Å²) >= 11 is 1.42. The fourth-order valence-corrected chi connectivity index (χ4v) is 3.95. The molecule has 27 heavy (non-hydrogen) atoms. The molecule has 0 saturated carbocycles. The summed E-state index contributed by atoms with van der Waals surface area (Å²) in [6, 6.07) is 13.0. The van der Waals surface area contributed by atoms with Crippen molar-refractivity contribution in [3.8, 4) is 17.2 Å². The van der Waals surface area contributed by atoms with Crippen LogP contribution in [-0.4, -0.2) is 30.3 Å². The molecular formula is C20H18N2O4S. The highest BCUT2D eigenvalue weighted by atomic mass is 32.1. The van der Waals surface area contributed by atoms with Gasteiger partial charge in [-0.25, -0.2) is 0 Å². The Morgan fingerprint density at radius 3 is 2.96 bits per heavy atom. The number of carbonyl (C=O) groups is 1. The predicted molar refractivity (Wildman–Crippen MR) is 103 cm³/mol. The van der Waals surface area contributed by atoms with Gasteiger partial charge in [0.05, 0.1) is 17.3 Å². The van der Waals surface area contributed by atoms with E-state index in [2.05, 4.69) is 11.6 Å². The van der Waals surface area contributed by atoms with Crippen molar-refractivity contribution in [2.24, 2.45) is 4.99 Å². The zero-order valence-corrected chi connectivity index (χ0v) is 15.6. The molecule has 6 nitrogen and oxygen atoms in total. The SMILES string of the molecule is C=CCn1c(=NC(=O)C2COc3ccccc3O2)sc2cc(OC)ccc21. The maximum absolute atomic E-state index is 12.7. The monoisotopic (exact) mass is 382 g/mol. The van der Waals surface area contributed by atoms with Crippen LogP contribution in [0.1, 0.15) is 0 Å². The second-order valence-electron chi connectivity index (χ2n) is 5.93. The van der Waals surface area contributed by atoms with E-state index in [0.29, 0.717) is 22.8 Å². The van der Waals surface area contributed by atoms with Crippen LogP contribution in [0, 0.1) is 0 Å². The summed E-state index contributed by atoms with van der Waals surface area (Å²) in [5.74, 6) is 1.57. The number of benzene rings is 2. The largest absolute Gasteiger partial charge is 0.497 e. The van der Waals surface area contributed by atoms with E-state index in [1.165, 1.54) is 11.3 Å². The second kappa shape index (κ2) is 7.28. The summed E-state index contributed by atoms with van der Waals surface area (Å²) < 4.78 is 19.6. The highest BCUT2D eigenvalue weighted by Crippen LogP contribution is 2.31. The Labute approximate surface area is 159 Å². The molecule has 0 N–H and O–H groups in total. The lowest BCUT2D eigenvalue weighted by Gasteiger charge is -2.23. The van der Waals surface area contributed by atoms with E-state index in [-0.39, 0.29) is 12.5 Å². The number of nitrogens with zero attached hydrogens (tertiary/aromatic N) is 2. The van der Waals surface area contributed by atoms with Crippen molar-refractivity contribution in [2.75, 3.05) is 13.7 Å². The standard InChI is InChI=1S/C20H18N2O4S/c1-3-10-22-14-9-8-13(24-2)11-18(14)27-20(22)21-19(23)17-12-25-15-6-4-5-7-16(15)26-17/h3-9,11,17H,1,10,12H2,2H3. The first-order chi connectivity index (χ1) is 13.2. The van der Waals surface area contributed by atoms with Crippen LogP contribution in [-0.2, 0) is 11.3 Å². The lowest BCUT2D eigenvalue weighted by molar-refractivity contribution is -0.127. The Morgan fingerprint density at radius 1 is 1.37 bits per heavy atom. The van der Waals surface area contributed by atoms with Crippen LogP contribution in [0.15, 0.2) is 60.1 Å². The van der Waals surface area contributed by atoms with Gasteiger partial charge in [-0.3, -0.25) is 4.79 Å². The number of hydrogen-bond acceptors (Lipinski definition) is 5. The Balaban J connectivity index is 1.70. The maximum atomic E-state index is 12.7. The number of hydrogen-bond donors (Lipinski definition) is 0. The number of aromatic nitrogens is 1. The molecule has 3 aromatic rings. The molecule has 1 aliphatic heterocycles. The van der Waals surface area contributed by atoms with Gasteiger partial charge in [-0.05, 0) is 30.3 Å². The van der Waals surface area contributed by atoms with Gasteiger partial charge < -0.3 is 18.8 Å². The Bertz CT molecular complexity index is 1080. The highest BCUT2D eigenvalue weighted by molar-refractivity contribution is 7.16. The topological polar surface area (TPSA) is 62.1 Å². The number of rotatable bonds is 4. The summed E-state index contributed by atoms with van der Waals surface area (Å²) in [5, 5.41) is 0. The van der Waals surface area contributed by atoms with Gasteiger partial charge in [0.1, 0.15) is 12.4 Å². The van der Waals surface area contributed by atoms with E-state index < -0.39 is 6.10 Å². The van der Waals surface area contributed by atoms with Gasteiger partial charge in [0, 0.05) is 6.54 Å². The minimum absolute atomic E-state index is 0.138. The van der Waals surface area contributed by atoms with E-state index >= 15 is 0 Å². The summed E-state index contributed by atoms with van der Waals surface area (Å²) in [4.78, 5) is 17.6. The first kappa shape index (κ1) is 17.4. The minimum Gasteiger partial charge on any atom is -0.497 e. The number of fused-ring (bicyclic) bond motifs is 2. The molecule has 4 rings (SSSR count).